The molecule has 3 nitrogen and oxygen atoms in total. The van der Waals surface area contributed by atoms with Gasteiger partial charge in [0.2, 0.25) is 5.91 Å². The number of nitrogens with zero attached hydrogens (tertiary/aromatic N) is 1. The number of carbonyl (C=O) groups is 1. The normalized spacial score (nSPS) is 19.1. The topological polar surface area (TPSA) is 42.0 Å². The van der Waals surface area contributed by atoms with Crippen molar-refractivity contribution in [1.29, 1.82) is 0 Å². The van der Waals surface area contributed by atoms with Crippen molar-refractivity contribution in [2.45, 2.75) is 32.2 Å². The summed E-state index contributed by atoms with van der Waals surface area (Å²) in [5, 5.41) is 5.87. The molecule has 1 saturated carbocycles. The summed E-state index contributed by atoms with van der Waals surface area (Å²) in [4.78, 5) is 16.0. The zero-order chi connectivity index (χ0) is 11.6. The highest BCUT2D eigenvalue weighted by molar-refractivity contribution is 7.80. The average Bonchev–Trinajstić information content (AvgIpc) is 2.82. The molecule has 1 aliphatic rings. The van der Waals surface area contributed by atoms with Crippen LogP contribution in [0.5, 0.6) is 0 Å². The smallest absolute Gasteiger partial charge is 0.221 e. The number of thiazole rings is 1. The highest BCUT2D eigenvalue weighted by Gasteiger charge is 2.42. The number of carbonyl (C=O) groups excluding carboxylic acids is 1. The third kappa shape index (κ3) is 2.77. The number of thiol groups is 1. The van der Waals surface area contributed by atoms with Crippen LogP contribution in [0, 0.1) is 5.41 Å². The van der Waals surface area contributed by atoms with E-state index in [4.69, 9.17) is 0 Å². The van der Waals surface area contributed by atoms with Crippen LogP contribution in [-0.4, -0.2) is 16.6 Å². The number of rotatable bonds is 5. The molecule has 1 unspecified atom stereocenters. The van der Waals surface area contributed by atoms with Crippen molar-refractivity contribution in [3.63, 3.8) is 0 Å². The first kappa shape index (κ1) is 11.9. The molecule has 1 atom stereocenters. The van der Waals surface area contributed by atoms with Gasteiger partial charge in [-0.15, -0.1) is 11.3 Å². The van der Waals surface area contributed by atoms with E-state index < -0.39 is 0 Å². The monoisotopic (exact) mass is 256 g/mol. The van der Waals surface area contributed by atoms with Gasteiger partial charge in [0.05, 0.1) is 6.04 Å². The first-order valence-electron chi connectivity index (χ1n) is 5.45. The van der Waals surface area contributed by atoms with Gasteiger partial charge in [0, 0.05) is 18.0 Å². The Hall–Kier alpha value is -0.550. The lowest BCUT2D eigenvalue weighted by molar-refractivity contribution is -0.122. The van der Waals surface area contributed by atoms with Crippen LogP contribution in [0.1, 0.15) is 37.2 Å². The van der Waals surface area contributed by atoms with Gasteiger partial charge in [-0.1, -0.05) is 0 Å². The summed E-state index contributed by atoms with van der Waals surface area (Å²) in [6.45, 7) is 1.97. The highest BCUT2D eigenvalue weighted by atomic mass is 32.1. The molecule has 2 rings (SSSR count). The van der Waals surface area contributed by atoms with Crippen molar-refractivity contribution < 1.29 is 4.79 Å². The maximum Gasteiger partial charge on any atom is 0.221 e. The van der Waals surface area contributed by atoms with E-state index in [2.05, 4.69) is 22.9 Å². The lowest BCUT2D eigenvalue weighted by atomic mass is 10.0. The Morgan fingerprint density at radius 2 is 2.50 bits per heavy atom. The summed E-state index contributed by atoms with van der Waals surface area (Å²) >= 11 is 5.87. The molecule has 1 heterocycles. The highest BCUT2D eigenvalue weighted by Crippen LogP contribution is 2.49. The second-order valence-electron chi connectivity index (χ2n) is 4.49. The largest absolute Gasteiger partial charge is 0.347 e. The summed E-state index contributed by atoms with van der Waals surface area (Å²) in [6, 6.07) is 0.0169. The van der Waals surface area contributed by atoms with Gasteiger partial charge in [0.25, 0.3) is 0 Å². The minimum Gasteiger partial charge on any atom is -0.347 e. The fourth-order valence-electron chi connectivity index (χ4n) is 1.71. The minimum absolute atomic E-state index is 0.0169. The zero-order valence-electron chi connectivity index (χ0n) is 9.27. The van der Waals surface area contributed by atoms with Crippen LogP contribution in [0.4, 0.5) is 0 Å². The first-order valence-corrected chi connectivity index (χ1v) is 6.96. The molecule has 1 aromatic heterocycles. The summed E-state index contributed by atoms with van der Waals surface area (Å²) in [7, 11) is 0. The van der Waals surface area contributed by atoms with Crippen LogP contribution in [0.15, 0.2) is 11.6 Å². The molecular weight excluding hydrogens is 240 g/mol. The lowest BCUT2D eigenvalue weighted by Crippen LogP contribution is -2.29. The zero-order valence-corrected chi connectivity index (χ0v) is 11.0. The Kier molecular flexibility index (Phi) is 3.54. The Morgan fingerprint density at radius 1 is 1.75 bits per heavy atom. The Bertz CT molecular complexity index is 360. The summed E-state index contributed by atoms with van der Waals surface area (Å²) < 4.78 is 0. The minimum atomic E-state index is 0.0169. The van der Waals surface area contributed by atoms with Crippen LogP contribution in [0.2, 0.25) is 0 Å². The van der Waals surface area contributed by atoms with E-state index in [1.54, 1.807) is 17.5 Å². The predicted octanol–water partition coefficient (Wildman–Crippen LogP) is 2.42. The Balaban J connectivity index is 1.83. The second-order valence-corrected chi connectivity index (χ2v) is 5.74. The third-order valence-corrected chi connectivity index (χ3v) is 4.66. The Labute approximate surface area is 105 Å². The second kappa shape index (κ2) is 4.75. The van der Waals surface area contributed by atoms with Gasteiger partial charge in [0.1, 0.15) is 5.01 Å². The molecular formula is C11H16N2OS2. The molecule has 0 aromatic carbocycles. The number of nitrogens with one attached hydrogen (secondary N) is 1. The fourth-order valence-corrected chi connectivity index (χ4v) is 2.78. The van der Waals surface area contributed by atoms with Crippen molar-refractivity contribution in [3.8, 4) is 0 Å². The molecule has 1 aromatic rings. The molecule has 1 amide bonds. The van der Waals surface area contributed by atoms with Crippen molar-refractivity contribution in [2.75, 3.05) is 5.75 Å². The van der Waals surface area contributed by atoms with E-state index in [9.17, 15) is 4.79 Å². The summed E-state index contributed by atoms with van der Waals surface area (Å²) in [5.41, 5.74) is 0.190. The fraction of sp³-hybridized carbons (Fsp3) is 0.636. The number of amides is 1. The number of hydrogen-bond acceptors (Lipinski definition) is 4. The molecule has 1 fully saturated rings. The first-order chi connectivity index (χ1) is 7.65. The van der Waals surface area contributed by atoms with Crippen LogP contribution < -0.4 is 5.32 Å². The molecule has 0 bridgehead atoms. The third-order valence-electron chi connectivity index (χ3n) is 3.03. The van der Waals surface area contributed by atoms with Gasteiger partial charge < -0.3 is 5.32 Å². The molecule has 88 valence electrons. The maximum absolute atomic E-state index is 11.8. The maximum atomic E-state index is 11.8. The summed E-state index contributed by atoms with van der Waals surface area (Å²) in [5.74, 6) is 0.931. The molecule has 0 aliphatic heterocycles. The molecule has 1 aliphatic carbocycles. The van der Waals surface area contributed by atoms with Gasteiger partial charge >= 0.3 is 0 Å². The Morgan fingerprint density at radius 3 is 3.00 bits per heavy atom. The van der Waals surface area contributed by atoms with E-state index in [1.165, 1.54) is 0 Å². The van der Waals surface area contributed by atoms with E-state index in [-0.39, 0.29) is 17.4 Å². The van der Waals surface area contributed by atoms with Gasteiger partial charge in [0.15, 0.2) is 0 Å². The van der Waals surface area contributed by atoms with Crippen molar-refractivity contribution in [3.05, 3.63) is 16.6 Å². The predicted molar refractivity (Wildman–Crippen MR) is 68.8 cm³/mol. The average molecular weight is 256 g/mol. The van der Waals surface area contributed by atoms with E-state index >= 15 is 0 Å². The van der Waals surface area contributed by atoms with Gasteiger partial charge in [-0.3, -0.25) is 4.79 Å². The number of hydrogen-bond donors (Lipinski definition) is 2. The van der Waals surface area contributed by atoms with Crippen LogP contribution >= 0.6 is 24.0 Å². The van der Waals surface area contributed by atoms with Crippen LogP contribution in [0.25, 0.3) is 0 Å². The lowest BCUT2D eigenvalue weighted by Gasteiger charge is -2.15. The molecule has 0 radical (unpaired) electrons. The van der Waals surface area contributed by atoms with E-state index in [0.29, 0.717) is 6.42 Å². The van der Waals surface area contributed by atoms with Gasteiger partial charge in [-0.05, 0) is 30.9 Å². The molecule has 5 heteroatoms. The number of aromatic nitrogens is 1. The standard InChI is InChI=1S/C11H16N2OS2/c1-8(10-12-4-5-16-10)13-9(14)6-11(7-15)2-3-11/h4-5,8,15H,2-3,6-7H2,1H3,(H,13,14). The van der Waals surface area contributed by atoms with Crippen molar-refractivity contribution >= 4 is 29.9 Å². The van der Waals surface area contributed by atoms with Gasteiger partial charge in [-0.25, -0.2) is 4.98 Å². The quantitative estimate of drug-likeness (QED) is 0.795. The SMILES string of the molecule is CC(NC(=O)CC1(CS)CC1)c1nccs1. The molecule has 0 spiro atoms. The van der Waals surface area contributed by atoms with Crippen LogP contribution in [0.3, 0.4) is 0 Å². The van der Waals surface area contributed by atoms with Crippen LogP contribution in [-0.2, 0) is 4.79 Å². The summed E-state index contributed by atoms with van der Waals surface area (Å²) in [6.07, 6.45) is 4.64. The molecule has 1 N–H and O–H groups in total. The van der Waals surface area contributed by atoms with Crippen molar-refractivity contribution in [2.24, 2.45) is 5.41 Å². The molecule has 0 saturated heterocycles. The van der Waals surface area contributed by atoms with Gasteiger partial charge in [-0.2, -0.15) is 12.6 Å². The van der Waals surface area contributed by atoms with Crippen molar-refractivity contribution in [1.82, 2.24) is 10.3 Å². The van der Waals surface area contributed by atoms with E-state index in [1.807, 2.05) is 12.3 Å². The van der Waals surface area contributed by atoms with E-state index in [0.717, 1.165) is 23.6 Å². The molecule has 16 heavy (non-hydrogen) atoms.